The van der Waals surface area contributed by atoms with Crippen molar-refractivity contribution in [3.05, 3.63) is 29.8 Å². The molecule has 0 radical (unpaired) electrons. The van der Waals surface area contributed by atoms with Crippen LogP contribution in [0.3, 0.4) is 0 Å². The number of rotatable bonds is 4. The Balaban J connectivity index is 1.59. The molecule has 0 saturated carbocycles. The Hall–Kier alpha value is -0.950. The molecule has 1 aromatic carbocycles. The maximum Gasteiger partial charge on any atom is 0.243 e. The predicted molar refractivity (Wildman–Crippen MR) is 104 cm³/mol. The molecule has 26 heavy (non-hydrogen) atoms. The summed E-state index contributed by atoms with van der Waals surface area (Å²) in [6.07, 6.45) is 3.84. The molecule has 5 nitrogen and oxygen atoms in total. The molecule has 6 heteroatoms. The van der Waals surface area contributed by atoms with Crippen LogP contribution in [0.25, 0.3) is 0 Å². The smallest absolute Gasteiger partial charge is 0.243 e. The zero-order chi connectivity index (χ0) is 18.8. The number of benzene rings is 1. The van der Waals surface area contributed by atoms with Gasteiger partial charge in [0, 0.05) is 39.3 Å². The van der Waals surface area contributed by atoms with Crippen LogP contribution in [-0.4, -0.2) is 63.1 Å². The van der Waals surface area contributed by atoms with Crippen LogP contribution >= 0.6 is 0 Å². The summed E-state index contributed by atoms with van der Waals surface area (Å²) < 4.78 is 33.3. The molecule has 2 fully saturated rings. The zero-order valence-electron chi connectivity index (χ0n) is 16.3. The van der Waals surface area contributed by atoms with E-state index in [9.17, 15) is 8.42 Å². The Morgan fingerprint density at radius 3 is 2.23 bits per heavy atom. The lowest BCUT2D eigenvalue weighted by Crippen LogP contribution is -2.50. The second-order valence-electron chi connectivity index (χ2n) is 8.47. The van der Waals surface area contributed by atoms with E-state index in [0.717, 1.165) is 44.6 Å². The molecule has 1 atom stereocenters. The average Bonchev–Trinajstić information content (AvgIpc) is 2.62. The maximum atomic E-state index is 12.9. The molecular formula is C20H32N2O3S. The first-order valence-corrected chi connectivity index (χ1v) is 11.2. The summed E-state index contributed by atoms with van der Waals surface area (Å²) in [5.41, 5.74) is 1.17. The molecule has 2 aliphatic rings. The molecule has 0 aliphatic carbocycles. The fourth-order valence-electron chi connectivity index (χ4n) is 3.67. The van der Waals surface area contributed by atoms with Crippen molar-refractivity contribution in [3.8, 4) is 0 Å². The van der Waals surface area contributed by atoms with Gasteiger partial charge in [-0.1, -0.05) is 32.9 Å². The molecule has 2 heterocycles. The van der Waals surface area contributed by atoms with Crippen LogP contribution in [0.1, 0.15) is 45.6 Å². The van der Waals surface area contributed by atoms with Crippen molar-refractivity contribution >= 4 is 10.0 Å². The minimum atomic E-state index is -3.41. The Kier molecular flexibility index (Phi) is 6.07. The second-order valence-corrected chi connectivity index (χ2v) is 10.4. The van der Waals surface area contributed by atoms with Gasteiger partial charge in [0.05, 0.1) is 11.0 Å². The summed E-state index contributed by atoms with van der Waals surface area (Å²) in [5, 5.41) is 0. The van der Waals surface area contributed by atoms with Crippen LogP contribution in [0.4, 0.5) is 0 Å². The third-order valence-electron chi connectivity index (χ3n) is 5.43. The summed E-state index contributed by atoms with van der Waals surface area (Å²) in [5.74, 6) is 0. The topological polar surface area (TPSA) is 49.9 Å². The predicted octanol–water partition coefficient (Wildman–Crippen LogP) is 2.86. The van der Waals surface area contributed by atoms with E-state index in [1.165, 1.54) is 6.42 Å². The molecule has 0 spiro atoms. The highest BCUT2D eigenvalue weighted by Crippen LogP contribution is 2.25. The quantitative estimate of drug-likeness (QED) is 0.806. The first kappa shape index (κ1) is 19.8. The lowest BCUT2D eigenvalue weighted by atomic mass is 9.87. The summed E-state index contributed by atoms with van der Waals surface area (Å²) in [6.45, 7) is 10.8. The number of hydrogen-bond acceptors (Lipinski definition) is 4. The Bertz CT molecular complexity index is 681. The van der Waals surface area contributed by atoms with Gasteiger partial charge in [0.15, 0.2) is 0 Å². The number of ether oxygens (including phenoxy) is 1. The molecule has 0 N–H and O–H groups in total. The molecule has 0 amide bonds. The standard InChI is InChI=1S/C20H32N2O3S/c1-20(2,3)17-7-9-19(10-8-17)26(23,24)22-13-11-21(12-14-22)16-18-6-4-5-15-25-18/h7-10,18H,4-6,11-16H2,1-3H3/t18-/m1/s1. The van der Waals surface area contributed by atoms with Crippen LogP contribution in [0, 0.1) is 0 Å². The van der Waals surface area contributed by atoms with Crippen LogP contribution in [0.5, 0.6) is 0 Å². The van der Waals surface area contributed by atoms with Crippen molar-refractivity contribution < 1.29 is 13.2 Å². The molecule has 2 aliphatic heterocycles. The van der Waals surface area contributed by atoms with Gasteiger partial charge in [-0.2, -0.15) is 4.31 Å². The average molecular weight is 381 g/mol. The van der Waals surface area contributed by atoms with Gasteiger partial charge < -0.3 is 4.74 Å². The van der Waals surface area contributed by atoms with E-state index in [1.807, 2.05) is 12.1 Å². The third kappa shape index (κ3) is 4.66. The summed E-state index contributed by atoms with van der Waals surface area (Å²) in [4.78, 5) is 2.74. The molecule has 3 rings (SSSR count). The SMILES string of the molecule is CC(C)(C)c1ccc(S(=O)(=O)N2CCN(C[C@H]3CCCCO3)CC2)cc1. The Labute approximate surface area is 158 Å². The van der Waals surface area contributed by atoms with Crippen molar-refractivity contribution in [2.45, 2.75) is 56.4 Å². The monoisotopic (exact) mass is 380 g/mol. The summed E-state index contributed by atoms with van der Waals surface area (Å²) >= 11 is 0. The van der Waals surface area contributed by atoms with E-state index >= 15 is 0 Å². The molecule has 2 saturated heterocycles. The van der Waals surface area contributed by atoms with Gasteiger partial charge in [-0.15, -0.1) is 0 Å². The lowest BCUT2D eigenvalue weighted by molar-refractivity contribution is -0.0103. The van der Waals surface area contributed by atoms with E-state index in [0.29, 0.717) is 24.1 Å². The van der Waals surface area contributed by atoms with E-state index in [1.54, 1.807) is 16.4 Å². The van der Waals surface area contributed by atoms with E-state index < -0.39 is 10.0 Å². The van der Waals surface area contributed by atoms with Gasteiger partial charge in [-0.05, 0) is 42.4 Å². The summed E-state index contributed by atoms with van der Waals surface area (Å²) in [6, 6.07) is 7.36. The van der Waals surface area contributed by atoms with Crippen molar-refractivity contribution in [2.24, 2.45) is 0 Å². The van der Waals surface area contributed by atoms with Crippen molar-refractivity contribution in [1.29, 1.82) is 0 Å². The fourth-order valence-corrected chi connectivity index (χ4v) is 5.09. The number of piperazine rings is 1. The highest BCUT2D eigenvalue weighted by atomic mass is 32.2. The summed E-state index contributed by atoms with van der Waals surface area (Å²) in [7, 11) is -3.41. The van der Waals surface area contributed by atoms with Crippen LogP contribution < -0.4 is 0 Å². The largest absolute Gasteiger partial charge is 0.377 e. The normalized spacial score (nSPS) is 23.9. The van der Waals surface area contributed by atoms with E-state index in [-0.39, 0.29) is 5.41 Å². The maximum absolute atomic E-state index is 12.9. The van der Waals surface area contributed by atoms with Gasteiger partial charge in [0.25, 0.3) is 0 Å². The Morgan fingerprint density at radius 2 is 1.69 bits per heavy atom. The minimum Gasteiger partial charge on any atom is -0.377 e. The van der Waals surface area contributed by atoms with Crippen LogP contribution in [-0.2, 0) is 20.2 Å². The number of hydrogen-bond donors (Lipinski definition) is 0. The molecule has 0 unspecified atom stereocenters. The highest BCUT2D eigenvalue weighted by molar-refractivity contribution is 7.89. The number of nitrogens with zero attached hydrogens (tertiary/aromatic N) is 2. The Morgan fingerprint density at radius 1 is 1.04 bits per heavy atom. The van der Waals surface area contributed by atoms with Gasteiger partial charge >= 0.3 is 0 Å². The number of sulfonamides is 1. The molecule has 0 aromatic heterocycles. The van der Waals surface area contributed by atoms with Gasteiger partial charge in [-0.3, -0.25) is 4.90 Å². The fraction of sp³-hybridized carbons (Fsp3) is 0.700. The highest BCUT2D eigenvalue weighted by Gasteiger charge is 2.30. The van der Waals surface area contributed by atoms with E-state index in [2.05, 4.69) is 25.7 Å². The molecular weight excluding hydrogens is 348 g/mol. The van der Waals surface area contributed by atoms with Crippen molar-refractivity contribution in [3.63, 3.8) is 0 Å². The first-order chi connectivity index (χ1) is 12.3. The zero-order valence-corrected chi connectivity index (χ0v) is 17.1. The van der Waals surface area contributed by atoms with Crippen molar-refractivity contribution in [2.75, 3.05) is 39.3 Å². The first-order valence-electron chi connectivity index (χ1n) is 9.71. The van der Waals surface area contributed by atoms with Crippen LogP contribution in [0.2, 0.25) is 0 Å². The minimum absolute atomic E-state index is 0.0229. The van der Waals surface area contributed by atoms with Gasteiger partial charge in [-0.25, -0.2) is 8.42 Å². The molecule has 146 valence electrons. The van der Waals surface area contributed by atoms with Crippen LogP contribution in [0.15, 0.2) is 29.2 Å². The van der Waals surface area contributed by atoms with E-state index in [4.69, 9.17) is 4.74 Å². The van der Waals surface area contributed by atoms with Crippen molar-refractivity contribution in [1.82, 2.24) is 9.21 Å². The van der Waals surface area contributed by atoms with Gasteiger partial charge in [0.1, 0.15) is 0 Å². The molecule has 1 aromatic rings. The third-order valence-corrected chi connectivity index (χ3v) is 7.34. The lowest BCUT2D eigenvalue weighted by Gasteiger charge is -2.36. The second kappa shape index (κ2) is 7.97. The van der Waals surface area contributed by atoms with Gasteiger partial charge in [0.2, 0.25) is 10.0 Å². The molecule has 0 bridgehead atoms.